The van der Waals surface area contributed by atoms with Crippen LogP contribution >= 0.6 is 0 Å². The number of rotatable bonds is 4. The van der Waals surface area contributed by atoms with Crippen molar-refractivity contribution in [3.63, 3.8) is 0 Å². The smallest absolute Gasteiger partial charge is 0.111 e. The first kappa shape index (κ1) is 16.2. The van der Waals surface area contributed by atoms with Gasteiger partial charge in [-0.1, -0.05) is 18.2 Å². The highest BCUT2D eigenvalue weighted by Gasteiger charge is 2.26. The molecule has 25 heavy (non-hydrogen) atoms. The minimum Gasteiger partial charge on any atom is -0.378 e. The number of likely N-dealkylation sites (tertiary alicyclic amines) is 1. The molecule has 1 fully saturated rings. The molecule has 4 heteroatoms. The molecule has 0 amide bonds. The molecule has 1 aliphatic heterocycles. The van der Waals surface area contributed by atoms with Crippen molar-refractivity contribution in [1.29, 1.82) is 0 Å². The van der Waals surface area contributed by atoms with Crippen LogP contribution in [0.2, 0.25) is 0 Å². The molecule has 1 atom stereocenters. The number of aryl methyl sites for hydroxylation is 1. The molecule has 0 spiro atoms. The highest BCUT2D eigenvalue weighted by Crippen LogP contribution is 2.28. The maximum atomic E-state index is 4.82. The van der Waals surface area contributed by atoms with Crippen molar-refractivity contribution in [2.24, 2.45) is 0 Å². The van der Waals surface area contributed by atoms with E-state index in [2.05, 4.69) is 78.3 Å². The van der Waals surface area contributed by atoms with Crippen LogP contribution in [-0.4, -0.2) is 42.1 Å². The lowest BCUT2D eigenvalue weighted by molar-refractivity contribution is 0.326. The third kappa shape index (κ3) is 3.40. The monoisotopic (exact) mass is 334 g/mol. The fraction of sp³-hybridized carbons (Fsp3) is 0.381. The summed E-state index contributed by atoms with van der Waals surface area (Å²) in [5.74, 6) is 1.65. The SMILES string of the molecule is Cc1ccc2nc(C3CCN(Cc4ccc(N(C)C)cc4)C3)[nH]c2c1. The number of H-pyrrole nitrogens is 1. The molecule has 130 valence electrons. The number of aromatic amines is 1. The third-order valence-electron chi connectivity index (χ3n) is 5.17. The molecular weight excluding hydrogens is 308 g/mol. The first-order chi connectivity index (χ1) is 12.1. The Kier molecular flexibility index (Phi) is 4.22. The van der Waals surface area contributed by atoms with Gasteiger partial charge in [-0.05, 0) is 55.3 Å². The topological polar surface area (TPSA) is 35.2 Å². The molecule has 1 saturated heterocycles. The van der Waals surface area contributed by atoms with Crippen molar-refractivity contribution in [3.8, 4) is 0 Å². The molecule has 0 saturated carbocycles. The average molecular weight is 334 g/mol. The summed E-state index contributed by atoms with van der Waals surface area (Å²) >= 11 is 0. The van der Waals surface area contributed by atoms with Gasteiger partial charge in [0.15, 0.2) is 0 Å². The van der Waals surface area contributed by atoms with Gasteiger partial charge in [-0.15, -0.1) is 0 Å². The number of hydrogen-bond donors (Lipinski definition) is 1. The average Bonchev–Trinajstić information content (AvgIpc) is 3.21. The van der Waals surface area contributed by atoms with Gasteiger partial charge in [0.2, 0.25) is 0 Å². The summed E-state index contributed by atoms with van der Waals surface area (Å²) in [6.07, 6.45) is 1.18. The van der Waals surface area contributed by atoms with Gasteiger partial charge in [-0.3, -0.25) is 4.90 Å². The predicted molar refractivity (Wildman–Crippen MR) is 104 cm³/mol. The van der Waals surface area contributed by atoms with Gasteiger partial charge in [0, 0.05) is 38.8 Å². The van der Waals surface area contributed by atoms with Crippen LogP contribution in [0.25, 0.3) is 11.0 Å². The lowest BCUT2D eigenvalue weighted by Crippen LogP contribution is -2.20. The highest BCUT2D eigenvalue weighted by molar-refractivity contribution is 5.75. The first-order valence-corrected chi connectivity index (χ1v) is 9.03. The van der Waals surface area contributed by atoms with Crippen molar-refractivity contribution in [2.45, 2.75) is 25.8 Å². The summed E-state index contributed by atoms with van der Waals surface area (Å²) < 4.78 is 0. The van der Waals surface area contributed by atoms with E-state index in [4.69, 9.17) is 4.98 Å². The molecule has 2 aromatic carbocycles. The zero-order chi connectivity index (χ0) is 17.4. The zero-order valence-corrected chi connectivity index (χ0v) is 15.3. The molecule has 0 bridgehead atoms. The summed E-state index contributed by atoms with van der Waals surface area (Å²) in [5, 5.41) is 0. The van der Waals surface area contributed by atoms with Crippen LogP contribution in [0.1, 0.15) is 29.3 Å². The fourth-order valence-electron chi connectivity index (χ4n) is 3.69. The number of benzene rings is 2. The Balaban J connectivity index is 1.43. The van der Waals surface area contributed by atoms with Gasteiger partial charge in [-0.25, -0.2) is 4.98 Å². The zero-order valence-electron chi connectivity index (χ0n) is 15.3. The third-order valence-corrected chi connectivity index (χ3v) is 5.17. The van der Waals surface area contributed by atoms with E-state index in [-0.39, 0.29) is 0 Å². The molecule has 1 unspecified atom stereocenters. The fourth-order valence-corrected chi connectivity index (χ4v) is 3.69. The Hall–Kier alpha value is -2.33. The van der Waals surface area contributed by atoms with Crippen molar-refractivity contribution in [3.05, 3.63) is 59.4 Å². The number of hydrogen-bond acceptors (Lipinski definition) is 3. The van der Waals surface area contributed by atoms with Crippen LogP contribution in [0.15, 0.2) is 42.5 Å². The van der Waals surface area contributed by atoms with Crippen molar-refractivity contribution in [2.75, 3.05) is 32.1 Å². The molecule has 1 aliphatic rings. The van der Waals surface area contributed by atoms with Crippen LogP contribution < -0.4 is 4.90 Å². The summed E-state index contributed by atoms with van der Waals surface area (Å²) in [5.41, 5.74) is 6.15. The maximum Gasteiger partial charge on any atom is 0.111 e. The second-order valence-corrected chi connectivity index (χ2v) is 7.42. The standard InChI is InChI=1S/C21H26N4/c1-15-4-9-19-20(12-15)23-21(22-19)17-10-11-25(14-17)13-16-5-7-18(8-6-16)24(2)3/h4-9,12,17H,10-11,13-14H2,1-3H3,(H,22,23). The molecule has 4 nitrogen and oxygen atoms in total. The van der Waals surface area contributed by atoms with Crippen LogP contribution in [0, 0.1) is 6.92 Å². The number of nitrogens with one attached hydrogen (secondary N) is 1. The van der Waals surface area contributed by atoms with Crippen LogP contribution in [0.3, 0.4) is 0 Å². The Morgan fingerprint density at radius 2 is 1.96 bits per heavy atom. The van der Waals surface area contributed by atoms with Crippen LogP contribution in [0.5, 0.6) is 0 Å². The van der Waals surface area contributed by atoms with Crippen molar-refractivity contribution >= 4 is 16.7 Å². The number of nitrogens with zero attached hydrogens (tertiary/aromatic N) is 3. The predicted octanol–water partition coefficient (Wildman–Crippen LogP) is 3.93. The van der Waals surface area contributed by atoms with Gasteiger partial charge in [-0.2, -0.15) is 0 Å². The number of fused-ring (bicyclic) bond motifs is 1. The molecule has 1 aromatic heterocycles. The number of imidazole rings is 1. The minimum atomic E-state index is 0.508. The first-order valence-electron chi connectivity index (χ1n) is 9.03. The molecule has 1 N–H and O–H groups in total. The van der Waals surface area contributed by atoms with Gasteiger partial charge >= 0.3 is 0 Å². The highest BCUT2D eigenvalue weighted by atomic mass is 15.2. The van der Waals surface area contributed by atoms with Crippen LogP contribution in [-0.2, 0) is 6.54 Å². The largest absolute Gasteiger partial charge is 0.378 e. The van der Waals surface area contributed by atoms with E-state index in [1.807, 2.05) is 0 Å². The minimum absolute atomic E-state index is 0.508. The lowest BCUT2D eigenvalue weighted by Gasteiger charge is -2.17. The maximum absolute atomic E-state index is 4.82. The van der Waals surface area contributed by atoms with E-state index in [0.717, 1.165) is 36.5 Å². The summed E-state index contributed by atoms with van der Waals surface area (Å²) in [6.45, 7) is 5.35. The van der Waals surface area contributed by atoms with Crippen molar-refractivity contribution in [1.82, 2.24) is 14.9 Å². The second-order valence-electron chi connectivity index (χ2n) is 7.42. The Morgan fingerprint density at radius 3 is 2.72 bits per heavy atom. The Morgan fingerprint density at radius 1 is 1.16 bits per heavy atom. The Labute approximate surface area is 149 Å². The van der Waals surface area contributed by atoms with Gasteiger partial charge in [0.05, 0.1) is 11.0 Å². The number of anilines is 1. The van der Waals surface area contributed by atoms with Gasteiger partial charge < -0.3 is 9.88 Å². The van der Waals surface area contributed by atoms with E-state index < -0.39 is 0 Å². The molecule has 0 radical (unpaired) electrons. The van der Waals surface area contributed by atoms with Crippen molar-refractivity contribution < 1.29 is 0 Å². The van der Waals surface area contributed by atoms with E-state index in [9.17, 15) is 0 Å². The molecule has 2 heterocycles. The van der Waals surface area contributed by atoms with E-state index in [1.54, 1.807) is 0 Å². The summed E-state index contributed by atoms with van der Waals surface area (Å²) in [6, 6.07) is 15.3. The van der Waals surface area contributed by atoms with E-state index >= 15 is 0 Å². The van der Waals surface area contributed by atoms with Gasteiger partial charge in [0.1, 0.15) is 5.82 Å². The molecular formula is C21H26N4. The second kappa shape index (κ2) is 6.52. The normalized spacial score (nSPS) is 18.1. The van der Waals surface area contributed by atoms with E-state index in [0.29, 0.717) is 5.92 Å². The quantitative estimate of drug-likeness (QED) is 0.785. The molecule has 3 aromatic rings. The molecule has 0 aliphatic carbocycles. The van der Waals surface area contributed by atoms with Gasteiger partial charge in [0.25, 0.3) is 0 Å². The summed E-state index contributed by atoms with van der Waals surface area (Å²) in [7, 11) is 4.16. The lowest BCUT2D eigenvalue weighted by atomic mass is 10.1. The van der Waals surface area contributed by atoms with E-state index in [1.165, 1.54) is 23.2 Å². The van der Waals surface area contributed by atoms with Crippen LogP contribution in [0.4, 0.5) is 5.69 Å². The summed E-state index contributed by atoms with van der Waals surface area (Å²) in [4.78, 5) is 13.0. The Bertz CT molecular complexity index is 863. The number of aromatic nitrogens is 2. The molecule has 4 rings (SSSR count).